The van der Waals surface area contributed by atoms with Crippen molar-refractivity contribution in [2.45, 2.75) is 5.75 Å². The predicted molar refractivity (Wildman–Crippen MR) is 80.3 cm³/mol. The van der Waals surface area contributed by atoms with Crippen molar-refractivity contribution in [1.82, 2.24) is 4.72 Å². The molecule has 2 aromatic rings. The first-order chi connectivity index (χ1) is 10.4. The molecule has 0 amide bonds. The zero-order valence-corrected chi connectivity index (χ0v) is 12.3. The fourth-order valence-corrected chi connectivity index (χ4v) is 2.74. The zero-order valence-electron chi connectivity index (χ0n) is 11.5. The van der Waals surface area contributed by atoms with E-state index in [1.165, 1.54) is 48.5 Å². The lowest BCUT2D eigenvalue weighted by Crippen LogP contribution is -2.25. The lowest BCUT2D eigenvalue weighted by molar-refractivity contribution is 0.584. The van der Waals surface area contributed by atoms with Crippen molar-refractivity contribution in [3.63, 3.8) is 0 Å². The molecule has 0 aliphatic carbocycles. The molecule has 1 N–H and O–H groups in total. The van der Waals surface area contributed by atoms with E-state index in [-0.39, 0.29) is 18.1 Å². The van der Waals surface area contributed by atoms with Crippen molar-refractivity contribution in [2.75, 3.05) is 6.54 Å². The molecule has 0 aromatic heterocycles. The van der Waals surface area contributed by atoms with Gasteiger partial charge in [-0.05, 0) is 42.0 Å². The first kappa shape index (κ1) is 16.1. The van der Waals surface area contributed by atoms with Crippen LogP contribution in [0.1, 0.15) is 11.1 Å². The van der Waals surface area contributed by atoms with Gasteiger partial charge < -0.3 is 0 Å². The summed E-state index contributed by atoms with van der Waals surface area (Å²) in [5, 5.41) is 0. The maximum absolute atomic E-state index is 13.0. The highest BCUT2D eigenvalue weighted by Gasteiger charge is 2.10. The molecule has 2 rings (SSSR count). The summed E-state index contributed by atoms with van der Waals surface area (Å²) in [6.07, 6.45) is 0. The van der Waals surface area contributed by atoms with Crippen LogP contribution in [0, 0.1) is 23.5 Å². The van der Waals surface area contributed by atoms with Crippen molar-refractivity contribution < 1.29 is 17.2 Å². The molecule has 3 nitrogen and oxygen atoms in total. The van der Waals surface area contributed by atoms with Crippen LogP contribution in [0.4, 0.5) is 8.78 Å². The summed E-state index contributed by atoms with van der Waals surface area (Å²) in [5.41, 5.74) is 0.949. The van der Waals surface area contributed by atoms with Gasteiger partial charge in [0, 0.05) is 5.56 Å². The molecule has 0 aliphatic heterocycles. The van der Waals surface area contributed by atoms with Crippen LogP contribution in [0.15, 0.2) is 48.5 Å². The van der Waals surface area contributed by atoms with Gasteiger partial charge in [0.05, 0.1) is 12.3 Å². The molecule has 0 radical (unpaired) electrons. The Morgan fingerprint density at radius 3 is 2.41 bits per heavy atom. The van der Waals surface area contributed by atoms with Gasteiger partial charge in [0.15, 0.2) is 0 Å². The highest BCUT2D eigenvalue weighted by atomic mass is 32.2. The Morgan fingerprint density at radius 2 is 1.73 bits per heavy atom. The van der Waals surface area contributed by atoms with Crippen LogP contribution in [0.5, 0.6) is 0 Å². The van der Waals surface area contributed by atoms with E-state index in [1.54, 1.807) is 0 Å². The third kappa shape index (κ3) is 5.28. The average Bonchev–Trinajstić information content (AvgIpc) is 2.45. The largest absolute Gasteiger partial charge is 0.216 e. The molecular weight excluding hydrogens is 308 g/mol. The number of rotatable bonds is 4. The number of hydrogen-bond donors (Lipinski definition) is 1. The van der Waals surface area contributed by atoms with E-state index in [9.17, 15) is 17.2 Å². The Morgan fingerprint density at radius 1 is 1.00 bits per heavy atom. The third-order valence-corrected chi connectivity index (χ3v) is 4.00. The van der Waals surface area contributed by atoms with Gasteiger partial charge in [0.1, 0.15) is 11.6 Å². The molecule has 0 aliphatic rings. The standard InChI is InChI=1S/C16H13F2NO2S/c17-15-8-6-13(7-9-15)4-2-10-19-22(20,21)12-14-3-1-5-16(18)11-14/h1,3,5-9,11,19H,10,12H2. The van der Waals surface area contributed by atoms with Gasteiger partial charge >= 0.3 is 0 Å². The summed E-state index contributed by atoms with van der Waals surface area (Å²) in [6.45, 7) is -0.0744. The van der Waals surface area contributed by atoms with Crippen molar-refractivity contribution in [1.29, 1.82) is 0 Å². The molecule has 114 valence electrons. The van der Waals surface area contributed by atoms with Gasteiger partial charge in [-0.3, -0.25) is 0 Å². The monoisotopic (exact) mass is 321 g/mol. The van der Waals surface area contributed by atoms with Crippen LogP contribution in [0.3, 0.4) is 0 Å². The molecule has 0 bridgehead atoms. The van der Waals surface area contributed by atoms with Gasteiger partial charge in [-0.1, -0.05) is 24.0 Å². The lowest BCUT2D eigenvalue weighted by Gasteiger charge is -2.04. The summed E-state index contributed by atoms with van der Waals surface area (Å²) in [5.74, 6) is 4.19. The molecule has 0 fully saturated rings. The number of halogens is 2. The molecule has 0 saturated heterocycles. The SMILES string of the molecule is O=S(=O)(Cc1cccc(F)c1)NCC#Cc1ccc(F)cc1. The molecule has 0 saturated carbocycles. The third-order valence-electron chi connectivity index (χ3n) is 2.70. The average molecular weight is 321 g/mol. The Labute approximate surface area is 128 Å². The molecule has 2 aromatic carbocycles. The van der Waals surface area contributed by atoms with Crippen molar-refractivity contribution in [3.8, 4) is 11.8 Å². The maximum Gasteiger partial charge on any atom is 0.216 e. The number of benzene rings is 2. The molecule has 0 atom stereocenters. The van der Waals surface area contributed by atoms with Gasteiger partial charge in [-0.2, -0.15) is 0 Å². The minimum absolute atomic E-state index is 0.0744. The summed E-state index contributed by atoms with van der Waals surface area (Å²) >= 11 is 0. The fourth-order valence-electron chi connectivity index (χ4n) is 1.72. The van der Waals surface area contributed by atoms with Gasteiger partial charge in [0.25, 0.3) is 0 Å². The van der Waals surface area contributed by atoms with E-state index < -0.39 is 15.8 Å². The van der Waals surface area contributed by atoms with Gasteiger partial charge in [-0.25, -0.2) is 21.9 Å². The smallest absolute Gasteiger partial charge is 0.212 e. The summed E-state index contributed by atoms with van der Waals surface area (Å²) < 4.78 is 51.6. The van der Waals surface area contributed by atoms with Crippen LogP contribution >= 0.6 is 0 Å². The first-order valence-electron chi connectivity index (χ1n) is 6.41. The van der Waals surface area contributed by atoms with Crippen LogP contribution in [-0.4, -0.2) is 15.0 Å². The van der Waals surface area contributed by atoms with Crippen LogP contribution in [-0.2, 0) is 15.8 Å². The Bertz CT molecular complexity index is 806. The molecule has 22 heavy (non-hydrogen) atoms. The minimum Gasteiger partial charge on any atom is -0.212 e. The van der Waals surface area contributed by atoms with Crippen molar-refractivity contribution >= 4 is 10.0 Å². The number of sulfonamides is 1. The Kier molecular flexibility index (Phi) is 5.26. The first-order valence-corrected chi connectivity index (χ1v) is 8.06. The fraction of sp³-hybridized carbons (Fsp3) is 0.125. The van der Waals surface area contributed by atoms with Crippen LogP contribution in [0.25, 0.3) is 0 Å². The van der Waals surface area contributed by atoms with E-state index in [1.807, 2.05) is 0 Å². The van der Waals surface area contributed by atoms with E-state index in [0.29, 0.717) is 11.1 Å². The second kappa shape index (κ2) is 7.16. The summed E-state index contributed by atoms with van der Waals surface area (Å²) in [6, 6.07) is 11.0. The van der Waals surface area contributed by atoms with Gasteiger partial charge in [-0.15, -0.1) is 0 Å². The lowest BCUT2D eigenvalue weighted by atomic mass is 10.2. The van der Waals surface area contributed by atoms with Gasteiger partial charge in [0.2, 0.25) is 10.0 Å². The highest BCUT2D eigenvalue weighted by molar-refractivity contribution is 7.88. The van der Waals surface area contributed by atoms with Crippen molar-refractivity contribution in [3.05, 3.63) is 71.3 Å². The number of hydrogen-bond acceptors (Lipinski definition) is 2. The zero-order chi connectivity index (χ0) is 16.0. The Hall–Kier alpha value is -2.23. The second-order valence-electron chi connectivity index (χ2n) is 4.52. The highest BCUT2D eigenvalue weighted by Crippen LogP contribution is 2.07. The van der Waals surface area contributed by atoms with E-state index in [2.05, 4.69) is 16.6 Å². The van der Waals surface area contributed by atoms with E-state index >= 15 is 0 Å². The molecule has 0 unspecified atom stereocenters. The normalized spacial score (nSPS) is 10.8. The maximum atomic E-state index is 13.0. The topological polar surface area (TPSA) is 46.2 Å². The minimum atomic E-state index is -3.59. The van der Waals surface area contributed by atoms with E-state index in [0.717, 1.165) is 0 Å². The Balaban J connectivity index is 1.92. The molecule has 0 heterocycles. The quantitative estimate of drug-likeness (QED) is 0.879. The van der Waals surface area contributed by atoms with Crippen molar-refractivity contribution in [2.24, 2.45) is 0 Å². The molecule has 6 heteroatoms. The summed E-state index contributed by atoms with van der Waals surface area (Å²) in [4.78, 5) is 0. The second-order valence-corrected chi connectivity index (χ2v) is 6.33. The molecule has 0 spiro atoms. The summed E-state index contributed by atoms with van der Waals surface area (Å²) in [7, 11) is -3.59. The predicted octanol–water partition coefficient (Wildman–Crippen LogP) is 2.44. The van der Waals surface area contributed by atoms with Crippen LogP contribution in [0.2, 0.25) is 0 Å². The number of nitrogens with one attached hydrogen (secondary N) is 1. The van der Waals surface area contributed by atoms with E-state index in [4.69, 9.17) is 0 Å². The molecular formula is C16H13F2NO2S. The van der Waals surface area contributed by atoms with Crippen LogP contribution < -0.4 is 4.72 Å².